The van der Waals surface area contributed by atoms with Crippen molar-refractivity contribution < 1.29 is 18.7 Å². The van der Waals surface area contributed by atoms with E-state index in [1.807, 2.05) is 6.07 Å². The molecule has 24 heavy (non-hydrogen) atoms. The fourth-order valence-corrected chi connectivity index (χ4v) is 1.88. The van der Waals surface area contributed by atoms with Gasteiger partial charge in [0.05, 0.1) is 0 Å². The molecule has 0 saturated carbocycles. The number of para-hydroxylation sites is 1. The molecule has 1 atom stereocenters. The van der Waals surface area contributed by atoms with E-state index in [4.69, 9.17) is 4.74 Å². The van der Waals surface area contributed by atoms with Gasteiger partial charge in [-0.05, 0) is 37.1 Å². The Balaban J connectivity index is 1.73. The van der Waals surface area contributed by atoms with Crippen molar-refractivity contribution >= 4 is 11.8 Å². The molecule has 7 heteroatoms. The van der Waals surface area contributed by atoms with Gasteiger partial charge in [-0.1, -0.05) is 18.2 Å². The van der Waals surface area contributed by atoms with Crippen LogP contribution in [0.3, 0.4) is 0 Å². The number of halogens is 1. The largest absolute Gasteiger partial charge is 0.478 e. The van der Waals surface area contributed by atoms with E-state index in [0.717, 1.165) is 5.56 Å². The molecule has 6 nitrogen and oxygen atoms in total. The second-order valence-electron chi connectivity index (χ2n) is 5.09. The fourth-order valence-electron chi connectivity index (χ4n) is 1.88. The minimum absolute atomic E-state index is 0.0249. The summed E-state index contributed by atoms with van der Waals surface area (Å²) in [7, 11) is 0. The van der Waals surface area contributed by atoms with E-state index in [1.165, 1.54) is 25.1 Å². The van der Waals surface area contributed by atoms with Crippen molar-refractivity contribution in [1.29, 1.82) is 0 Å². The number of rotatable bonds is 6. The van der Waals surface area contributed by atoms with Crippen LogP contribution in [0.25, 0.3) is 0 Å². The van der Waals surface area contributed by atoms with Gasteiger partial charge in [0.25, 0.3) is 5.91 Å². The van der Waals surface area contributed by atoms with Crippen LogP contribution in [0.15, 0.2) is 48.8 Å². The number of carbonyl (C=O) groups excluding carboxylic acids is 2. The van der Waals surface area contributed by atoms with E-state index < -0.39 is 17.8 Å². The monoisotopic (exact) mass is 331 g/mol. The summed E-state index contributed by atoms with van der Waals surface area (Å²) in [4.78, 5) is 27.5. The van der Waals surface area contributed by atoms with E-state index in [-0.39, 0.29) is 18.1 Å². The Kier molecular flexibility index (Phi) is 6.24. The molecule has 0 radical (unpaired) electrons. The highest BCUT2D eigenvalue weighted by Crippen LogP contribution is 2.16. The van der Waals surface area contributed by atoms with Gasteiger partial charge in [0.1, 0.15) is 0 Å². The summed E-state index contributed by atoms with van der Waals surface area (Å²) >= 11 is 0. The Hall–Kier alpha value is -2.96. The van der Waals surface area contributed by atoms with Crippen molar-refractivity contribution in [2.24, 2.45) is 0 Å². The fraction of sp³-hybridized carbons (Fsp3) is 0.235. The molecule has 1 heterocycles. The molecule has 0 spiro atoms. The van der Waals surface area contributed by atoms with Crippen molar-refractivity contribution in [3.63, 3.8) is 0 Å². The smallest absolute Gasteiger partial charge is 0.279 e. The molecule has 0 aliphatic rings. The number of ether oxygens (including phenoxy) is 1. The Morgan fingerprint density at radius 1 is 1.21 bits per heavy atom. The maximum atomic E-state index is 13.5. The zero-order chi connectivity index (χ0) is 17.4. The maximum absolute atomic E-state index is 13.5. The zero-order valence-electron chi connectivity index (χ0n) is 13.2. The quantitative estimate of drug-likeness (QED) is 0.791. The van der Waals surface area contributed by atoms with Gasteiger partial charge in [-0.3, -0.25) is 25.4 Å². The number of carbonyl (C=O) groups is 2. The number of aryl methyl sites for hydroxylation is 1. The normalized spacial score (nSPS) is 11.4. The van der Waals surface area contributed by atoms with Crippen LogP contribution in [0.5, 0.6) is 5.75 Å². The number of benzene rings is 1. The SMILES string of the molecule is CC(Oc1ccccc1F)C(=O)NNC(=O)CCc1cccnc1. The van der Waals surface area contributed by atoms with Crippen molar-refractivity contribution in [2.45, 2.75) is 25.9 Å². The Morgan fingerprint density at radius 2 is 2.00 bits per heavy atom. The average molecular weight is 331 g/mol. The Bertz CT molecular complexity index is 694. The second kappa shape index (κ2) is 8.61. The van der Waals surface area contributed by atoms with Gasteiger partial charge in [-0.2, -0.15) is 0 Å². The van der Waals surface area contributed by atoms with Crippen LogP contribution >= 0.6 is 0 Å². The lowest BCUT2D eigenvalue weighted by Gasteiger charge is -2.15. The number of hydrogen-bond donors (Lipinski definition) is 2. The molecule has 2 N–H and O–H groups in total. The first-order chi connectivity index (χ1) is 11.6. The summed E-state index contributed by atoms with van der Waals surface area (Å²) in [5.41, 5.74) is 5.48. The molecular weight excluding hydrogens is 313 g/mol. The molecule has 126 valence electrons. The first kappa shape index (κ1) is 17.4. The highest BCUT2D eigenvalue weighted by Gasteiger charge is 2.16. The third-order valence-electron chi connectivity index (χ3n) is 3.20. The number of nitrogens with zero attached hydrogens (tertiary/aromatic N) is 1. The van der Waals surface area contributed by atoms with Crippen LogP contribution in [0, 0.1) is 5.82 Å². The predicted octanol–water partition coefficient (Wildman–Crippen LogP) is 1.77. The lowest BCUT2D eigenvalue weighted by molar-refractivity contribution is -0.132. The number of nitrogens with one attached hydrogen (secondary N) is 2. The number of pyridine rings is 1. The summed E-state index contributed by atoms with van der Waals surface area (Å²) in [5.74, 6) is -1.50. The molecule has 2 aromatic rings. The van der Waals surface area contributed by atoms with Gasteiger partial charge in [-0.25, -0.2) is 4.39 Å². The number of hydrogen-bond acceptors (Lipinski definition) is 4. The molecular formula is C17H18FN3O3. The van der Waals surface area contributed by atoms with Crippen molar-refractivity contribution in [3.05, 3.63) is 60.2 Å². The first-order valence-electron chi connectivity index (χ1n) is 7.45. The minimum atomic E-state index is -0.958. The summed E-state index contributed by atoms with van der Waals surface area (Å²) in [6.45, 7) is 1.46. The molecule has 1 unspecified atom stereocenters. The molecule has 0 bridgehead atoms. The summed E-state index contributed by atoms with van der Waals surface area (Å²) < 4.78 is 18.7. The first-order valence-corrected chi connectivity index (χ1v) is 7.45. The Labute approximate surface area is 139 Å². The van der Waals surface area contributed by atoms with Gasteiger partial charge in [-0.15, -0.1) is 0 Å². The zero-order valence-corrected chi connectivity index (χ0v) is 13.2. The van der Waals surface area contributed by atoms with Crippen LogP contribution in [-0.2, 0) is 16.0 Å². The number of amides is 2. The van der Waals surface area contributed by atoms with Gasteiger partial charge in [0.15, 0.2) is 17.7 Å². The molecule has 0 aliphatic heterocycles. The highest BCUT2D eigenvalue weighted by molar-refractivity contribution is 5.84. The van der Waals surface area contributed by atoms with Crippen LogP contribution in [0.2, 0.25) is 0 Å². The molecule has 2 rings (SSSR count). The van der Waals surface area contributed by atoms with Gasteiger partial charge < -0.3 is 4.74 Å². The highest BCUT2D eigenvalue weighted by atomic mass is 19.1. The molecule has 0 aliphatic carbocycles. The van der Waals surface area contributed by atoms with Crippen LogP contribution in [0.4, 0.5) is 4.39 Å². The number of hydrazine groups is 1. The molecule has 2 amide bonds. The Morgan fingerprint density at radius 3 is 2.71 bits per heavy atom. The lowest BCUT2D eigenvalue weighted by atomic mass is 10.1. The third-order valence-corrected chi connectivity index (χ3v) is 3.20. The number of aromatic nitrogens is 1. The van der Waals surface area contributed by atoms with E-state index in [9.17, 15) is 14.0 Å². The lowest BCUT2D eigenvalue weighted by Crippen LogP contribution is -2.47. The molecule has 0 fully saturated rings. The van der Waals surface area contributed by atoms with Gasteiger partial charge in [0, 0.05) is 18.8 Å². The van der Waals surface area contributed by atoms with E-state index >= 15 is 0 Å². The van der Waals surface area contributed by atoms with Crippen LogP contribution in [-0.4, -0.2) is 22.9 Å². The molecule has 1 aromatic carbocycles. The van der Waals surface area contributed by atoms with Crippen molar-refractivity contribution in [1.82, 2.24) is 15.8 Å². The molecule has 0 saturated heterocycles. The van der Waals surface area contributed by atoms with Gasteiger partial charge in [0.2, 0.25) is 5.91 Å². The van der Waals surface area contributed by atoms with Crippen LogP contribution < -0.4 is 15.6 Å². The minimum Gasteiger partial charge on any atom is -0.478 e. The van der Waals surface area contributed by atoms with E-state index in [1.54, 1.807) is 24.5 Å². The summed E-state index contributed by atoms with van der Waals surface area (Å²) in [6.07, 6.45) is 3.09. The molecule has 1 aromatic heterocycles. The van der Waals surface area contributed by atoms with Gasteiger partial charge >= 0.3 is 0 Å². The predicted molar refractivity (Wildman–Crippen MR) is 85.3 cm³/mol. The standard InChI is InChI=1S/C17H18FN3O3/c1-12(24-15-7-3-2-6-14(15)18)17(23)21-20-16(22)9-8-13-5-4-10-19-11-13/h2-7,10-12H,8-9H2,1H3,(H,20,22)(H,21,23). The van der Waals surface area contributed by atoms with Crippen LogP contribution in [0.1, 0.15) is 18.9 Å². The van der Waals surface area contributed by atoms with E-state index in [0.29, 0.717) is 6.42 Å². The topological polar surface area (TPSA) is 80.3 Å². The van der Waals surface area contributed by atoms with E-state index in [2.05, 4.69) is 15.8 Å². The third kappa shape index (κ3) is 5.35. The summed E-state index contributed by atoms with van der Waals surface area (Å²) in [6, 6.07) is 9.43. The summed E-state index contributed by atoms with van der Waals surface area (Å²) in [5, 5.41) is 0. The van der Waals surface area contributed by atoms with Crippen molar-refractivity contribution in [3.8, 4) is 5.75 Å². The second-order valence-corrected chi connectivity index (χ2v) is 5.09. The maximum Gasteiger partial charge on any atom is 0.279 e. The van der Waals surface area contributed by atoms with Crippen molar-refractivity contribution in [2.75, 3.05) is 0 Å². The average Bonchev–Trinajstić information content (AvgIpc) is 2.60.